The lowest BCUT2D eigenvalue weighted by Gasteiger charge is -2.20. The number of methoxy groups -OCH3 is 1. The van der Waals surface area contributed by atoms with Crippen molar-refractivity contribution in [1.29, 1.82) is 0 Å². The summed E-state index contributed by atoms with van der Waals surface area (Å²) in [5.74, 6) is 0. The second-order valence-electron chi connectivity index (χ2n) is 6.96. The summed E-state index contributed by atoms with van der Waals surface area (Å²) in [5, 5.41) is 7.02. The van der Waals surface area contributed by atoms with Crippen LogP contribution in [0.4, 0.5) is 5.69 Å². The van der Waals surface area contributed by atoms with Gasteiger partial charge in [0.15, 0.2) is 5.52 Å². The van der Waals surface area contributed by atoms with E-state index in [1.165, 1.54) is 32.9 Å². The van der Waals surface area contributed by atoms with Crippen molar-refractivity contribution in [3.63, 3.8) is 0 Å². The van der Waals surface area contributed by atoms with Gasteiger partial charge in [-0.05, 0) is 43.3 Å². The molecular weight excluding hydrogens is 334 g/mol. The van der Waals surface area contributed by atoms with Crippen LogP contribution in [0.5, 0.6) is 0 Å². The molecule has 27 heavy (non-hydrogen) atoms. The predicted octanol–water partition coefficient (Wildman–Crippen LogP) is 4.94. The first-order chi connectivity index (χ1) is 13.2. The maximum absolute atomic E-state index is 5.08. The summed E-state index contributed by atoms with van der Waals surface area (Å²) < 4.78 is 9.68. The lowest BCUT2D eigenvalue weighted by molar-refractivity contribution is -0.479. The van der Waals surface area contributed by atoms with Crippen molar-refractivity contribution in [3.05, 3.63) is 77.7 Å². The summed E-state index contributed by atoms with van der Waals surface area (Å²) in [7, 11) is 1.70. The minimum Gasteiger partial charge on any atom is -0.683 e. The van der Waals surface area contributed by atoms with Gasteiger partial charge < -0.3 is 10.1 Å². The van der Waals surface area contributed by atoms with Crippen LogP contribution in [0.3, 0.4) is 0 Å². The number of imidazole rings is 1. The third-order valence-electron chi connectivity index (χ3n) is 5.13. The summed E-state index contributed by atoms with van der Waals surface area (Å²) in [6.45, 7) is 3.46. The van der Waals surface area contributed by atoms with Crippen molar-refractivity contribution in [2.75, 3.05) is 20.3 Å². The molecule has 0 bridgehead atoms. The zero-order chi connectivity index (χ0) is 18.4. The highest BCUT2D eigenvalue weighted by Gasteiger charge is 2.16. The zero-order valence-corrected chi connectivity index (χ0v) is 15.5. The van der Waals surface area contributed by atoms with E-state index in [-0.39, 0.29) is 0 Å². The normalized spacial score (nSPS) is 11.8. The number of aromatic nitrogens is 2. The summed E-state index contributed by atoms with van der Waals surface area (Å²) >= 11 is 0. The van der Waals surface area contributed by atoms with Gasteiger partial charge in [-0.2, -0.15) is 8.80 Å². The Bertz CT molecular complexity index is 1300. The number of benzene rings is 2. The fourth-order valence-corrected chi connectivity index (χ4v) is 3.83. The molecular formula is C23H21N3O. The van der Waals surface area contributed by atoms with Gasteiger partial charge in [-0.25, -0.2) is 0 Å². The van der Waals surface area contributed by atoms with Gasteiger partial charge in [0.25, 0.3) is 5.65 Å². The van der Waals surface area contributed by atoms with Gasteiger partial charge in [0, 0.05) is 30.6 Å². The van der Waals surface area contributed by atoms with Crippen LogP contribution in [0.1, 0.15) is 5.56 Å². The number of fused-ring (bicyclic) bond motifs is 7. The molecule has 0 fully saturated rings. The number of aryl methyl sites for hydroxylation is 1. The number of hydrogen-bond acceptors (Lipinski definition) is 1. The molecule has 4 heteroatoms. The Kier molecular flexibility index (Phi) is 3.73. The van der Waals surface area contributed by atoms with Crippen LogP contribution in [0.15, 0.2) is 66.9 Å². The molecule has 0 N–H and O–H groups in total. The first-order valence-corrected chi connectivity index (χ1v) is 9.20. The van der Waals surface area contributed by atoms with Gasteiger partial charge >= 0.3 is 0 Å². The minimum atomic E-state index is 0.642. The van der Waals surface area contributed by atoms with Gasteiger partial charge in [-0.1, -0.05) is 23.8 Å². The molecule has 3 heterocycles. The molecule has 2 aromatic carbocycles. The van der Waals surface area contributed by atoms with Crippen LogP contribution in [-0.4, -0.2) is 24.7 Å². The Labute approximate surface area is 157 Å². The van der Waals surface area contributed by atoms with Crippen LogP contribution >= 0.6 is 0 Å². The fraction of sp³-hybridized carbons (Fsp3) is 0.174. The smallest absolute Gasteiger partial charge is 0.292 e. The van der Waals surface area contributed by atoms with E-state index in [0.29, 0.717) is 13.2 Å². The van der Waals surface area contributed by atoms with Crippen molar-refractivity contribution in [1.82, 2.24) is 4.40 Å². The van der Waals surface area contributed by atoms with Crippen LogP contribution < -0.4 is 4.40 Å². The Balaban J connectivity index is 1.73. The maximum Gasteiger partial charge on any atom is 0.292 e. The molecule has 0 amide bonds. The SMILES string of the molecule is COCC[N-]c1ccc2c(ccc3n4c(ccc5cc(C)ccc54)c[n+]23)c1. The molecule has 134 valence electrons. The van der Waals surface area contributed by atoms with Crippen LogP contribution in [0.2, 0.25) is 0 Å². The Hall–Kier alpha value is -3.11. The molecule has 4 nitrogen and oxygen atoms in total. The lowest BCUT2D eigenvalue weighted by atomic mass is 10.1. The van der Waals surface area contributed by atoms with Crippen LogP contribution in [-0.2, 0) is 4.74 Å². The molecule has 0 aliphatic heterocycles. The Morgan fingerprint density at radius 3 is 2.74 bits per heavy atom. The van der Waals surface area contributed by atoms with E-state index in [1.807, 2.05) is 0 Å². The van der Waals surface area contributed by atoms with Gasteiger partial charge in [-0.3, -0.25) is 0 Å². The molecule has 0 atom stereocenters. The largest absolute Gasteiger partial charge is 0.683 e. The average Bonchev–Trinajstić information content (AvgIpc) is 3.07. The average molecular weight is 355 g/mol. The summed E-state index contributed by atoms with van der Waals surface area (Å²) in [6.07, 6.45) is 2.21. The first-order valence-electron chi connectivity index (χ1n) is 9.20. The highest BCUT2D eigenvalue weighted by Crippen LogP contribution is 2.25. The van der Waals surface area contributed by atoms with Gasteiger partial charge in [0.1, 0.15) is 17.2 Å². The minimum absolute atomic E-state index is 0.642. The van der Waals surface area contributed by atoms with E-state index in [1.54, 1.807) is 7.11 Å². The molecule has 0 aliphatic carbocycles. The zero-order valence-electron chi connectivity index (χ0n) is 15.5. The lowest BCUT2D eigenvalue weighted by Crippen LogP contribution is -2.19. The Morgan fingerprint density at radius 1 is 0.963 bits per heavy atom. The number of hydrogen-bond donors (Lipinski definition) is 0. The van der Waals surface area contributed by atoms with Crippen molar-refractivity contribution in [2.24, 2.45) is 0 Å². The van der Waals surface area contributed by atoms with Crippen LogP contribution in [0.25, 0.3) is 38.3 Å². The fourth-order valence-electron chi connectivity index (χ4n) is 3.83. The first kappa shape index (κ1) is 16.1. The van der Waals surface area contributed by atoms with Gasteiger partial charge in [-0.15, -0.1) is 12.2 Å². The molecule has 0 saturated carbocycles. The predicted molar refractivity (Wildman–Crippen MR) is 110 cm³/mol. The van der Waals surface area contributed by atoms with Crippen LogP contribution in [0, 0.1) is 6.92 Å². The number of nitrogens with zero attached hydrogens (tertiary/aromatic N) is 3. The molecule has 5 aromatic rings. The molecule has 3 aromatic heterocycles. The van der Waals surface area contributed by atoms with E-state index < -0.39 is 0 Å². The van der Waals surface area contributed by atoms with Crippen molar-refractivity contribution >= 4 is 38.7 Å². The van der Waals surface area contributed by atoms with E-state index in [0.717, 1.165) is 11.3 Å². The quantitative estimate of drug-likeness (QED) is 0.332. The number of pyridine rings is 2. The third kappa shape index (κ3) is 2.61. The monoisotopic (exact) mass is 355 g/mol. The van der Waals surface area contributed by atoms with Crippen molar-refractivity contribution < 1.29 is 9.14 Å². The molecule has 5 rings (SSSR count). The van der Waals surface area contributed by atoms with Crippen molar-refractivity contribution in [3.8, 4) is 0 Å². The summed E-state index contributed by atoms with van der Waals surface area (Å²) in [6, 6.07) is 21.7. The standard InChI is InChI=1S/C23H21N3O/c1-16-3-8-22-17(13-16)4-7-20-15-25-21-9-6-19(24-11-12-27-2)14-18(21)5-10-23(25)26(20)22/h3-10,13-15H,11-12H2,1-2H3. The van der Waals surface area contributed by atoms with Gasteiger partial charge in [0.2, 0.25) is 0 Å². The van der Waals surface area contributed by atoms with E-state index in [9.17, 15) is 0 Å². The third-order valence-corrected chi connectivity index (χ3v) is 5.13. The van der Waals surface area contributed by atoms with Gasteiger partial charge in [0.05, 0.1) is 0 Å². The molecule has 0 saturated heterocycles. The number of ether oxygens (including phenoxy) is 1. The maximum atomic E-state index is 5.08. The van der Waals surface area contributed by atoms with Crippen molar-refractivity contribution in [2.45, 2.75) is 6.92 Å². The second kappa shape index (κ2) is 6.25. The van der Waals surface area contributed by atoms with E-state index >= 15 is 0 Å². The molecule has 0 aliphatic rings. The highest BCUT2D eigenvalue weighted by atomic mass is 16.5. The Morgan fingerprint density at radius 2 is 1.85 bits per heavy atom. The molecule has 0 unspecified atom stereocenters. The summed E-state index contributed by atoms with van der Waals surface area (Å²) in [5.41, 5.74) is 7.03. The molecule has 0 radical (unpaired) electrons. The highest BCUT2D eigenvalue weighted by molar-refractivity contribution is 5.87. The second-order valence-corrected chi connectivity index (χ2v) is 6.96. The topological polar surface area (TPSA) is 31.8 Å². The summed E-state index contributed by atoms with van der Waals surface area (Å²) in [4.78, 5) is 0. The number of rotatable bonds is 4. The van der Waals surface area contributed by atoms with E-state index in [2.05, 4.69) is 87.9 Å². The van der Waals surface area contributed by atoms with E-state index in [4.69, 9.17) is 4.74 Å². The molecule has 0 spiro atoms.